The van der Waals surface area contributed by atoms with Gasteiger partial charge in [-0.1, -0.05) is 13.8 Å². The molecular formula is C5H10Li2O. The molecule has 0 aliphatic rings. The second-order valence-electron chi connectivity index (χ2n) is 2.31. The fourth-order valence-electron chi connectivity index (χ4n) is 0. The smallest absolute Gasteiger partial charge is 0.856 e. The predicted octanol–water partition coefficient (Wildman–Crippen LogP) is -5.79. The molecule has 0 aliphatic heterocycles. The van der Waals surface area contributed by atoms with Crippen LogP contribution in [0.2, 0.25) is 0 Å². The molecule has 3 heteroatoms. The Bertz CT molecular complexity index is 40.2. The molecule has 0 heterocycles. The van der Waals surface area contributed by atoms with Crippen LogP contribution < -0.4 is 42.8 Å². The molecule has 0 N–H and O–H groups in total. The molecule has 0 radical (unpaired) electrons. The van der Waals surface area contributed by atoms with Crippen molar-refractivity contribution in [1.82, 2.24) is 0 Å². The van der Waals surface area contributed by atoms with Crippen LogP contribution in [0.4, 0.5) is 0 Å². The fourth-order valence-corrected chi connectivity index (χ4v) is 0. The van der Waals surface area contributed by atoms with Crippen LogP contribution in [-0.4, -0.2) is 6.61 Å². The Morgan fingerprint density at radius 1 is 1.38 bits per heavy atom. The van der Waals surface area contributed by atoms with Gasteiger partial charge < -0.3 is 12.0 Å². The maximum atomic E-state index is 9.89. The van der Waals surface area contributed by atoms with E-state index >= 15 is 0 Å². The van der Waals surface area contributed by atoms with E-state index in [0.717, 1.165) is 0 Å². The molecule has 0 bridgehead atoms. The molecule has 0 saturated carbocycles. The Morgan fingerprint density at radius 3 is 1.50 bits per heavy atom. The van der Waals surface area contributed by atoms with Crippen molar-refractivity contribution in [2.24, 2.45) is 5.41 Å². The van der Waals surface area contributed by atoms with Gasteiger partial charge >= 0.3 is 37.7 Å². The molecule has 0 aliphatic carbocycles. The predicted molar refractivity (Wildman–Crippen MR) is 24.0 cm³/mol. The SMILES string of the molecule is [CH2-]C(C)(C)C[O-].[Li+].[Li+]. The van der Waals surface area contributed by atoms with Crippen LogP contribution in [-0.2, 0) is 0 Å². The summed E-state index contributed by atoms with van der Waals surface area (Å²) in [5, 5.41) is 9.89. The Balaban J connectivity index is -0.000000125. The molecular weight excluding hydrogens is 89.9 g/mol. The summed E-state index contributed by atoms with van der Waals surface area (Å²) in [6.07, 6.45) is 0. The monoisotopic (exact) mass is 100 g/mol. The summed E-state index contributed by atoms with van der Waals surface area (Å²) < 4.78 is 0. The summed E-state index contributed by atoms with van der Waals surface area (Å²) in [6, 6.07) is 0. The van der Waals surface area contributed by atoms with Gasteiger partial charge in [0.15, 0.2) is 0 Å². The van der Waals surface area contributed by atoms with Gasteiger partial charge in [-0.25, -0.2) is 0 Å². The molecule has 0 atom stereocenters. The van der Waals surface area contributed by atoms with Gasteiger partial charge in [0, 0.05) is 0 Å². The number of hydrogen-bond acceptors (Lipinski definition) is 1. The van der Waals surface area contributed by atoms with E-state index in [1.165, 1.54) is 0 Å². The van der Waals surface area contributed by atoms with E-state index in [2.05, 4.69) is 6.92 Å². The largest absolute Gasteiger partial charge is 1.00 e. The number of hydrogen-bond donors (Lipinski definition) is 0. The minimum atomic E-state index is -0.264. The van der Waals surface area contributed by atoms with Gasteiger partial charge in [-0.3, -0.25) is 0 Å². The standard InChI is InChI=1S/C5H10O.2Li/c1-5(2,3)4-6;;/h1,4H2,2-3H3;;/q-2;2*+1. The topological polar surface area (TPSA) is 23.1 Å². The molecule has 0 saturated heterocycles. The summed E-state index contributed by atoms with van der Waals surface area (Å²) in [6.45, 7) is 7.12. The van der Waals surface area contributed by atoms with Crippen molar-refractivity contribution < 1.29 is 42.8 Å². The van der Waals surface area contributed by atoms with E-state index in [0.29, 0.717) is 0 Å². The van der Waals surface area contributed by atoms with Crippen LogP contribution >= 0.6 is 0 Å². The Hall–Kier alpha value is 1.15. The third kappa shape index (κ3) is 15.7. The third-order valence-corrected chi connectivity index (χ3v) is 0.391. The molecule has 0 amide bonds. The van der Waals surface area contributed by atoms with Crippen molar-refractivity contribution in [2.75, 3.05) is 6.61 Å². The molecule has 0 aromatic heterocycles. The summed E-state index contributed by atoms with van der Waals surface area (Å²) in [4.78, 5) is 0. The Kier molecular flexibility index (Phi) is 12.6. The van der Waals surface area contributed by atoms with E-state index in [4.69, 9.17) is 0 Å². The average molecular weight is 100 g/mol. The van der Waals surface area contributed by atoms with Gasteiger partial charge in [-0.15, -0.1) is 0 Å². The van der Waals surface area contributed by atoms with Gasteiger partial charge in [0.05, 0.1) is 0 Å². The fraction of sp³-hybridized carbons (Fsp3) is 0.800. The second kappa shape index (κ2) is 6.28. The van der Waals surface area contributed by atoms with E-state index in [1.807, 2.05) is 13.8 Å². The first-order valence-electron chi connectivity index (χ1n) is 2.00. The minimum Gasteiger partial charge on any atom is -0.856 e. The zero-order chi connectivity index (χ0) is 5.21. The van der Waals surface area contributed by atoms with Crippen LogP contribution in [0.5, 0.6) is 0 Å². The quantitative estimate of drug-likeness (QED) is 0.238. The molecule has 1 nitrogen and oxygen atoms in total. The van der Waals surface area contributed by atoms with Gasteiger partial charge in [-0.2, -0.15) is 12.0 Å². The van der Waals surface area contributed by atoms with Crippen LogP contribution in [0.15, 0.2) is 0 Å². The van der Waals surface area contributed by atoms with Crippen molar-refractivity contribution in [3.05, 3.63) is 6.92 Å². The summed E-state index contributed by atoms with van der Waals surface area (Å²) in [7, 11) is 0. The number of rotatable bonds is 1. The first-order valence-corrected chi connectivity index (χ1v) is 2.00. The second-order valence-corrected chi connectivity index (χ2v) is 2.31. The van der Waals surface area contributed by atoms with Crippen molar-refractivity contribution >= 4 is 0 Å². The van der Waals surface area contributed by atoms with E-state index in [-0.39, 0.29) is 49.7 Å². The van der Waals surface area contributed by atoms with Crippen molar-refractivity contribution in [1.29, 1.82) is 0 Å². The summed E-state index contributed by atoms with van der Waals surface area (Å²) in [5.41, 5.74) is -0.264. The van der Waals surface area contributed by atoms with Gasteiger partial charge in [0.25, 0.3) is 0 Å². The van der Waals surface area contributed by atoms with Crippen molar-refractivity contribution in [3.63, 3.8) is 0 Å². The van der Waals surface area contributed by atoms with Crippen molar-refractivity contribution in [3.8, 4) is 0 Å². The van der Waals surface area contributed by atoms with E-state index < -0.39 is 0 Å². The molecule has 0 aromatic rings. The first-order chi connectivity index (χ1) is 2.56. The zero-order valence-electron chi connectivity index (χ0n) is 6.32. The molecule has 0 fully saturated rings. The van der Waals surface area contributed by atoms with Crippen LogP contribution in [0.25, 0.3) is 0 Å². The van der Waals surface area contributed by atoms with E-state index in [1.54, 1.807) is 0 Å². The van der Waals surface area contributed by atoms with Crippen LogP contribution in [0, 0.1) is 12.3 Å². The Labute approximate surface area is 75.6 Å². The van der Waals surface area contributed by atoms with Gasteiger partial charge in [0.2, 0.25) is 0 Å². The van der Waals surface area contributed by atoms with Crippen LogP contribution in [0.1, 0.15) is 13.8 Å². The molecule has 0 unspecified atom stereocenters. The normalized spacial score (nSPS) is 9.00. The molecule has 8 heavy (non-hydrogen) atoms. The minimum absolute atomic E-state index is 0. The third-order valence-electron chi connectivity index (χ3n) is 0.391. The van der Waals surface area contributed by atoms with E-state index in [9.17, 15) is 5.11 Å². The molecule has 0 rings (SSSR count). The Morgan fingerprint density at radius 2 is 1.50 bits per heavy atom. The van der Waals surface area contributed by atoms with Crippen LogP contribution in [0.3, 0.4) is 0 Å². The average Bonchev–Trinajstić information content (AvgIpc) is 1.35. The zero-order valence-corrected chi connectivity index (χ0v) is 6.32. The molecule has 0 spiro atoms. The molecule has 38 valence electrons. The molecule has 0 aromatic carbocycles. The van der Waals surface area contributed by atoms with Gasteiger partial charge in [-0.05, 0) is 0 Å². The van der Waals surface area contributed by atoms with Gasteiger partial charge in [0.1, 0.15) is 0 Å². The first kappa shape index (κ1) is 16.1. The maximum Gasteiger partial charge on any atom is 1.00 e. The maximum absolute atomic E-state index is 9.89. The van der Waals surface area contributed by atoms with Crippen molar-refractivity contribution in [2.45, 2.75) is 13.8 Å². The summed E-state index contributed by atoms with van der Waals surface area (Å²) >= 11 is 0. The summed E-state index contributed by atoms with van der Waals surface area (Å²) in [5.74, 6) is 0.